The van der Waals surface area contributed by atoms with Crippen molar-refractivity contribution >= 4 is 39.6 Å². The van der Waals surface area contributed by atoms with E-state index in [1.54, 1.807) is 0 Å². The summed E-state index contributed by atoms with van der Waals surface area (Å²) in [7, 11) is 0. The zero-order chi connectivity index (χ0) is 14.6. The molecule has 10 heteroatoms. The molecule has 0 bridgehead atoms. The molecule has 1 aromatic carbocycles. The van der Waals surface area contributed by atoms with Crippen LogP contribution in [0.15, 0.2) is 23.3 Å². The maximum atomic E-state index is 10.8. The van der Waals surface area contributed by atoms with E-state index in [-0.39, 0.29) is 5.71 Å². The number of carbonyl (C=O) groups is 1. The van der Waals surface area contributed by atoms with Gasteiger partial charge in [0.25, 0.3) is 5.24 Å². The van der Waals surface area contributed by atoms with Gasteiger partial charge in [0, 0.05) is 12.1 Å². The molecule has 0 saturated heterocycles. The largest absolute Gasteiger partial charge is 0.301 e. The van der Waals surface area contributed by atoms with Gasteiger partial charge in [-0.3, -0.25) is 30.4 Å². The van der Waals surface area contributed by atoms with Gasteiger partial charge in [0.2, 0.25) is 5.69 Å². The Balaban J connectivity index is 3.30. The molecule has 0 fully saturated rings. The summed E-state index contributed by atoms with van der Waals surface area (Å²) in [5, 5.41) is 24.1. The molecule has 9 nitrogen and oxygen atoms in total. The summed E-state index contributed by atoms with van der Waals surface area (Å²) in [6.45, 7) is 1.25. The molecule has 0 unspecified atom stereocenters. The third kappa shape index (κ3) is 3.45. The second-order valence-electron chi connectivity index (χ2n) is 3.27. The average Bonchev–Trinajstić information content (AvgIpc) is 2.34. The van der Waals surface area contributed by atoms with Crippen molar-refractivity contribution in [1.82, 2.24) is 0 Å². The van der Waals surface area contributed by atoms with E-state index in [1.807, 2.05) is 0 Å². The van der Waals surface area contributed by atoms with Crippen LogP contribution in [0, 0.1) is 20.2 Å². The minimum atomic E-state index is -0.881. The minimum absolute atomic E-state index is 0.186. The van der Waals surface area contributed by atoms with Crippen LogP contribution in [0.3, 0.4) is 0 Å². The molecular formula is C9H7ClN4O5. The number of benzene rings is 1. The Morgan fingerprint density at radius 1 is 1.26 bits per heavy atom. The number of anilines is 1. The SMILES string of the molecule is C/C(=N\Nc1c([N+](=O)[O-])cccc1[N+](=O)[O-])C(=O)Cl. The number of hydrazone groups is 1. The topological polar surface area (TPSA) is 128 Å². The van der Waals surface area contributed by atoms with Gasteiger partial charge in [-0.25, -0.2) is 0 Å². The van der Waals surface area contributed by atoms with E-state index < -0.39 is 32.2 Å². The first-order chi connectivity index (χ1) is 8.84. The normalized spacial score (nSPS) is 10.9. The van der Waals surface area contributed by atoms with E-state index in [2.05, 4.69) is 10.5 Å². The van der Waals surface area contributed by atoms with E-state index in [0.717, 1.165) is 12.1 Å². The van der Waals surface area contributed by atoms with Crippen LogP contribution in [-0.4, -0.2) is 20.8 Å². The number of hydrogen-bond acceptors (Lipinski definition) is 7. The number of carbonyl (C=O) groups excluding carboxylic acids is 1. The quantitative estimate of drug-likeness (QED) is 0.382. The Kier molecular flexibility index (Phi) is 4.48. The van der Waals surface area contributed by atoms with Gasteiger partial charge in [-0.2, -0.15) is 5.10 Å². The lowest BCUT2D eigenvalue weighted by Gasteiger charge is -2.03. The van der Waals surface area contributed by atoms with Gasteiger partial charge in [0.15, 0.2) is 0 Å². The van der Waals surface area contributed by atoms with Gasteiger partial charge in [0.05, 0.1) is 9.85 Å². The third-order valence-corrected chi connectivity index (χ3v) is 2.31. The van der Waals surface area contributed by atoms with Gasteiger partial charge in [-0.05, 0) is 24.6 Å². The van der Waals surface area contributed by atoms with E-state index >= 15 is 0 Å². The van der Waals surface area contributed by atoms with Gasteiger partial charge in [-0.15, -0.1) is 0 Å². The number of nitrogens with zero attached hydrogens (tertiary/aromatic N) is 3. The Morgan fingerprint density at radius 3 is 2.11 bits per heavy atom. The standard InChI is InChI=1S/C9H7ClN4O5/c1-5(9(10)15)11-12-8-6(13(16)17)3-2-4-7(8)14(18)19/h2-4,12H,1H3/b11-5+. The fourth-order valence-electron chi connectivity index (χ4n) is 1.13. The summed E-state index contributed by atoms with van der Waals surface area (Å²) in [4.78, 5) is 30.7. The van der Waals surface area contributed by atoms with Gasteiger partial charge >= 0.3 is 11.4 Å². The number of halogens is 1. The summed E-state index contributed by atoms with van der Waals surface area (Å²) in [6.07, 6.45) is 0. The molecular weight excluding hydrogens is 280 g/mol. The third-order valence-electron chi connectivity index (χ3n) is 2.03. The highest BCUT2D eigenvalue weighted by Crippen LogP contribution is 2.33. The second-order valence-corrected chi connectivity index (χ2v) is 3.61. The molecule has 0 aliphatic heterocycles. The molecule has 19 heavy (non-hydrogen) atoms. The first-order valence-electron chi connectivity index (χ1n) is 4.76. The zero-order valence-electron chi connectivity index (χ0n) is 9.49. The summed E-state index contributed by atoms with van der Waals surface area (Å²) in [5.41, 5.74) is 0.449. The van der Waals surface area contributed by atoms with Crippen LogP contribution in [0.4, 0.5) is 17.1 Å². The number of hydrogen-bond donors (Lipinski definition) is 1. The van der Waals surface area contributed by atoms with Crippen LogP contribution in [0.25, 0.3) is 0 Å². The second kappa shape index (κ2) is 5.87. The first kappa shape index (κ1) is 14.5. The Morgan fingerprint density at radius 2 is 1.74 bits per heavy atom. The van der Waals surface area contributed by atoms with Gasteiger partial charge in [-0.1, -0.05) is 0 Å². The number of nitro groups is 2. The van der Waals surface area contributed by atoms with Crippen molar-refractivity contribution in [1.29, 1.82) is 0 Å². The van der Waals surface area contributed by atoms with Crippen LogP contribution in [0.1, 0.15) is 6.92 Å². The molecule has 0 aliphatic carbocycles. The predicted octanol–water partition coefficient (Wildman–Crippen LogP) is 2.06. The molecule has 0 heterocycles. The van der Waals surface area contributed by atoms with E-state index in [1.165, 1.54) is 13.0 Å². The van der Waals surface area contributed by atoms with Crippen LogP contribution in [0.2, 0.25) is 0 Å². The smallest absolute Gasteiger partial charge is 0.274 e. The molecule has 1 N–H and O–H groups in total. The zero-order valence-corrected chi connectivity index (χ0v) is 10.2. The number of para-hydroxylation sites is 1. The summed E-state index contributed by atoms with van der Waals surface area (Å²) in [6, 6.07) is 3.32. The minimum Gasteiger partial charge on any atom is -0.274 e. The van der Waals surface area contributed by atoms with E-state index in [4.69, 9.17) is 11.6 Å². The summed E-state index contributed by atoms with van der Waals surface area (Å²) in [5.74, 6) is 0. The highest BCUT2D eigenvalue weighted by atomic mass is 35.5. The van der Waals surface area contributed by atoms with E-state index in [9.17, 15) is 25.0 Å². The number of nitro benzene ring substituents is 2. The monoisotopic (exact) mass is 286 g/mol. The van der Waals surface area contributed by atoms with Gasteiger partial charge in [0.1, 0.15) is 5.71 Å². The molecule has 100 valence electrons. The van der Waals surface area contributed by atoms with E-state index in [0.29, 0.717) is 0 Å². The first-order valence-corrected chi connectivity index (χ1v) is 5.14. The molecule has 0 spiro atoms. The van der Waals surface area contributed by atoms with Crippen molar-refractivity contribution in [3.8, 4) is 0 Å². The summed E-state index contributed by atoms with van der Waals surface area (Å²) >= 11 is 5.12. The molecule has 1 aromatic rings. The molecule has 0 radical (unpaired) electrons. The van der Waals surface area contributed by atoms with Crippen LogP contribution >= 0.6 is 11.6 Å². The lowest BCUT2D eigenvalue weighted by Crippen LogP contribution is -2.07. The molecule has 0 aromatic heterocycles. The molecule has 0 amide bonds. The fraction of sp³-hybridized carbons (Fsp3) is 0.111. The van der Waals surface area contributed by atoms with Crippen molar-refractivity contribution in [2.24, 2.45) is 5.10 Å². The van der Waals surface area contributed by atoms with Gasteiger partial charge < -0.3 is 0 Å². The highest BCUT2D eigenvalue weighted by molar-refractivity contribution is 6.81. The number of nitrogens with one attached hydrogen (secondary N) is 1. The fourth-order valence-corrected chi connectivity index (χ4v) is 1.17. The highest BCUT2D eigenvalue weighted by Gasteiger charge is 2.24. The molecule has 1 rings (SSSR count). The maximum Gasteiger partial charge on any atom is 0.301 e. The van der Waals surface area contributed by atoms with Crippen LogP contribution in [0.5, 0.6) is 0 Å². The lowest BCUT2D eigenvalue weighted by molar-refractivity contribution is -0.392. The van der Waals surface area contributed by atoms with Crippen LogP contribution in [-0.2, 0) is 4.79 Å². The Labute approximate surface area is 111 Å². The van der Waals surface area contributed by atoms with Crippen molar-refractivity contribution in [2.75, 3.05) is 5.43 Å². The van der Waals surface area contributed by atoms with Crippen LogP contribution < -0.4 is 5.43 Å². The van der Waals surface area contributed by atoms with Crippen molar-refractivity contribution in [3.63, 3.8) is 0 Å². The lowest BCUT2D eigenvalue weighted by atomic mass is 10.2. The number of rotatable bonds is 5. The Hall–Kier alpha value is -2.55. The average molecular weight is 287 g/mol. The van der Waals surface area contributed by atoms with Crippen molar-refractivity contribution < 1.29 is 14.6 Å². The summed E-state index contributed by atoms with van der Waals surface area (Å²) < 4.78 is 0. The molecule has 0 saturated carbocycles. The predicted molar refractivity (Wildman–Crippen MR) is 67.3 cm³/mol. The molecule has 0 aliphatic rings. The van der Waals surface area contributed by atoms with Crippen molar-refractivity contribution in [3.05, 3.63) is 38.4 Å². The van der Waals surface area contributed by atoms with Crippen molar-refractivity contribution in [2.45, 2.75) is 6.92 Å². The Bertz CT molecular complexity index is 554. The molecule has 0 atom stereocenters. The maximum absolute atomic E-state index is 10.8.